The molecule has 2 aliphatic rings. The first-order valence-electron chi connectivity index (χ1n) is 11.0. The fourth-order valence-corrected chi connectivity index (χ4v) is 4.33. The van der Waals surface area contributed by atoms with Gasteiger partial charge in [-0.2, -0.15) is 0 Å². The average molecular weight is 483 g/mol. The minimum Gasteiger partial charge on any atom is -0.490 e. The van der Waals surface area contributed by atoms with Gasteiger partial charge in [0.1, 0.15) is 31.3 Å². The van der Waals surface area contributed by atoms with Crippen molar-refractivity contribution in [2.24, 2.45) is 0 Å². The number of carbonyl (C=O) groups is 3. The largest absolute Gasteiger partial charge is 0.490 e. The van der Waals surface area contributed by atoms with Crippen molar-refractivity contribution in [3.8, 4) is 11.5 Å². The van der Waals surface area contributed by atoms with Crippen molar-refractivity contribution in [3.05, 3.63) is 64.6 Å². The van der Waals surface area contributed by atoms with E-state index in [4.69, 9.17) is 14.2 Å². The molecule has 3 amide bonds. The van der Waals surface area contributed by atoms with Crippen molar-refractivity contribution in [1.29, 1.82) is 0 Å². The third-order valence-corrected chi connectivity index (χ3v) is 6.27. The lowest BCUT2D eigenvalue weighted by Crippen LogP contribution is -2.46. The molecule has 0 bridgehead atoms. The van der Waals surface area contributed by atoms with Crippen LogP contribution in [0.1, 0.15) is 11.1 Å². The highest BCUT2D eigenvalue weighted by molar-refractivity contribution is 8.18. The summed E-state index contributed by atoms with van der Waals surface area (Å²) >= 11 is 0.824. The van der Waals surface area contributed by atoms with E-state index < -0.39 is 11.1 Å². The van der Waals surface area contributed by atoms with E-state index in [0.29, 0.717) is 50.8 Å². The number of imide groups is 1. The molecule has 178 valence electrons. The van der Waals surface area contributed by atoms with Gasteiger partial charge in [-0.3, -0.25) is 19.3 Å². The molecule has 2 aliphatic heterocycles. The highest BCUT2D eigenvalue weighted by Crippen LogP contribution is 2.34. The summed E-state index contributed by atoms with van der Waals surface area (Å²) in [5.74, 6) is 0.604. The van der Waals surface area contributed by atoms with Crippen LogP contribution in [0.25, 0.3) is 6.08 Å². The Labute approximate surface area is 202 Å². The molecule has 2 heterocycles. The van der Waals surface area contributed by atoms with Crippen LogP contribution in [0.15, 0.2) is 53.4 Å². The van der Waals surface area contributed by atoms with E-state index in [1.165, 1.54) is 0 Å². The normalized spacial score (nSPS) is 17.4. The number of ether oxygens (including phenoxy) is 3. The summed E-state index contributed by atoms with van der Waals surface area (Å²) < 4.78 is 16.8. The summed E-state index contributed by atoms with van der Waals surface area (Å²) in [5, 5.41) is -0.456. The molecule has 0 unspecified atom stereocenters. The molecule has 2 aromatic rings. The van der Waals surface area contributed by atoms with Crippen LogP contribution in [-0.4, -0.2) is 72.9 Å². The molecule has 0 aliphatic carbocycles. The van der Waals surface area contributed by atoms with Crippen LogP contribution in [0.4, 0.5) is 4.79 Å². The minimum absolute atomic E-state index is 0.256. The van der Waals surface area contributed by atoms with Gasteiger partial charge in [0.2, 0.25) is 5.91 Å². The number of nitrogens with zero attached hydrogens (tertiary/aromatic N) is 2. The first kappa shape index (κ1) is 23.8. The summed E-state index contributed by atoms with van der Waals surface area (Å²) in [7, 11) is 0. The van der Waals surface area contributed by atoms with E-state index in [2.05, 4.69) is 0 Å². The number of aryl methyl sites for hydroxylation is 1. The number of para-hydroxylation sites is 1. The van der Waals surface area contributed by atoms with Crippen molar-refractivity contribution in [2.45, 2.75) is 6.92 Å². The molecule has 2 saturated heterocycles. The lowest BCUT2D eigenvalue weighted by atomic mass is 10.2. The smallest absolute Gasteiger partial charge is 0.294 e. The van der Waals surface area contributed by atoms with Gasteiger partial charge in [-0.1, -0.05) is 35.9 Å². The molecule has 4 rings (SSSR count). The number of hydrogen-bond donors (Lipinski definition) is 0. The molecule has 0 aromatic heterocycles. The molecule has 0 N–H and O–H groups in total. The quantitative estimate of drug-likeness (QED) is 0.421. The fraction of sp³-hybridized carbons (Fsp3) is 0.320. The van der Waals surface area contributed by atoms with Gasteiger partial charge in [0.05, 0.1) is 18.1 Å². The molecule has 0 spiro atoms. The zero-order chi connectivity index (χ0) is 23.9. The summed E-state index contributed by atoms with van der Waals surface area (Å²) in [5.41, 5.74) is 1.83. The van der Waals surface area contributed by atoms with Crippen molar-refractivity contribution in [1.82, 2.24) is 9.80 Å². The molecule has 2 fully saturated rings. The van der Waals surface area contributed by atoms with Crippen LogP contribution in [0.2, 0.25) is 0 Å². The highest BCUT2D eigenvalue weighted by Gasteiger charge is 2.37. The number of hydrogen-bond acceptors (Lipinski definition) is 7. The zero-order valence-corrected chi connectivity index (χ0v) is 19.7. The molecular formula is C25H26N2O6S. The molecular weight excluding hydrogens is 456 g/mol. The molecule has 9 heteroatoms. The third-order valence-electron chi connectivity index (χ3n) is 5.37. The Bertz CT molecular complexity index is 1080. The monoisotopic (exact) mass is 482 g/mol. The summed E-state index contributed by atoms with van der Waals surface area (Å²) in [4.78, 5) is 40.6. The highest BCUT2D eigenvalue weighted by atomic mass is 32.2. The maximum atomic E-state index is 12.9. The Morgan fingerprint density at radius 3 is 2.50 bits per heavy atom. The van der Waals surface area contributed by atoms with Crippen molar-refractivity contribution in [3.63, 3.8) is 0 Å². The molecule has 0 saturated carbocycles. The van der Waals surface area contributed by atoms with E-state index in [9.17, 15) is 14.4 Å². The number of thioether (sulfide) groups is 1. The SMILES string of the molecule is Cc1ccc(OCCOc2ccccc2/C=C2\SC(=O)N(CC(=O)N3CCOCC3)C2=O)cc1. The lowest BCUT2D eigenvalue weighted by Gasteiger charge is -2.28. The van der Waals surface area contributed by atoms with Gasteiger partial charge in [0, 0.05) is 18.7 Å². The molecule has 2 aromatic carbocycles. The number of benzene rings is 2. The fourth-order valence-electron chi connectivity index (χ4n) is 3.50. The van der Waals surface area contributed by atoms with Crippen LogP contribution < -0.4 is 9.47 Å². The zero-order valence-electron chi connectivity index (χ0n) is 18.9. The van der Waals surface area contributed by atoms with Crippen LogP contribution in [0.3, 0.4) is 0 Å². The Morgan fingerprint density at radius 2 is 1.74 bits per heavy atom. The van der Waals surface area contributed by atoms with Crippen molar-refractivity contribution in [2.75, 3.05) is 46.1 Å². The second-order valence-electron chi connectivity index (χ2n) is 7.81. The first-order valence-corrected chi connectivity index (χ1v) is 11.8. The summed E-state index contributed by atoms with van der Waals surface area (Å²) in [6.07, 6.45) is 1.63. The second kappa shape index (κ2) is 11.2. The third kappa shape index (κ3) is 5.98. The average Bonchev–Trinajstić information content (AvgIpc) is 3.11. The van der Waals surface area contributed by atoms with Gasteiger partial charge in [-0.15, -0.1) is 0 Å². The predicted octanol–water partition coefficient (Wildman–Crippen LogP) is 3.35. The number of morpholine rings is 1. The van der Waals surface area contributed by atoms with Gasteiger partial charge in [-0.05, 0) is 43.0 Å². The Morgan fingerprint density at radius 1 is 1.03 bits per heavy atom. The van der Waals surface area contributed by atoms with E-state index >= 15 is 0 Å². The van der Waals surface area contributed by atoms with Gasteiger partial charge in [-0.25, -0.2) is 0 Å². The predicted molar refractivity (Wildman–Crippen MR) is 129 cm³/mol. The minimum atomic E-state index is -0.478. The van der Waals surface area contributed by atoms with Crippen LogP contribution >= 0.6 is 11.8 Å². The van der Waals surface area contributed by atoms with Gasteiger partial charge in [0.15, 0.2) is 0 Å². The van der Waals surface area contributed by atoms with E-state index in [0.717, 1.165) is 28.0 Å². The second-order valence-corrected chi connectivity index (χ2v) is 8.80. The summed E-state index contributed by atoms with van der Waals surface area (Å²) in [6.45, 7) is 4.26. The van der Waals surface area contributed by atoms with Crippen LogP contribution in [0, 0.1) is 6.92 Å². The number of rotatable bonds is 8. The molecule has 8 nitrogen and oxygen atoms in total. The summed E-state index contributed by atoms with van der Waals surface area (Å²) in [6, 6.07) is 15.0. The molecule has 0 atom stereocenters. The van der Waals surface area contributed by atoms with E-state index in [-0.39, 0.29) is 17.4 Å². The standard InChI is InChI=1S/C25H26N2O6S/c1-18-6-8-20(9-7-18)32-14-15-33-21-5-3-2-4-19(21)16-22-24(29)27(25(30)34-22)17-23(28)26-10-12-31-13-11-26/h2-9,16H,10-15,17H2,1H3/b22-16-. The van der Waals surface area contributed by atoms with Gasteiger partial charge >= 0.3 is 0 Å². The maximum absolute atomic E-state index is 12.9. The van der Waals surface area contributed by atoms with E-state index in [1.807, 2.05) is 49.4 Å². The maximum Gasteiger partial charge on any atom is 0.294 e. The Balaban J connectivity index is 1.36. The van der Waals surface area contributed by atoms with Gasteiger partial charge < -0.3 is 19.1 Å². The van der Waals surface area contributed by atoms with Crippen LogP contribution in [0.5, 0.6) is 11.5 Å². The van der Waals surface area contributed by atoms with E-state index in [1.54, 1.807) is 17.0 Å². The molecule has 0 radical (unpaired) electrons. The number of carbonyl (C=O) groups excluding carboxylic acids is 3. The Kier molecular flexibility index (Phi) is 7.87. The number of amides is 3. The van der Waals surface area contributed by atoms with Crippen LogP contribution in [-0.2, 0) is 14.3 Å². The first-order chi connectivity index (χ1) is 16.5. The van der Waals surface area contributed by atoms with Crippen molar-refractivity contribution >= 4 is 34.9 Å². The Hall–Kier alpha value is -3.30. The lowest BCUT2D eigenvalue weighted by molar-refractivity contribution is -0.139. The van der Waals surface area contributed by atoms with Gasteiger partial charge in [0.25, 0.3) is 11.1 Å². The molecule has 34 heavy (non-hydrogen) atoms. The van der Waals surface area contributed by atoms with Crippen molar-refractivity contribution < 1.29 is 28.6 Å². The topological polar surface area (TPSA) is 85.4 Å².